The molecule has 4 aliphatic rings. The van der Waals surface area contributed by atoms with Crippen LogP contribution < -0.4 is 4.90 Å². The quantitative estimate of drug-likeness (QED) is 0.230. The predicted octanol–water partition coefficient (Wildman–Crippen LogP) is 6.07. The molecule has 2 aliphatic carbocycles. The van der Waals surface area contributed by atoms with Crippen molar-refractivity contribution in [1.29, 1.82) is 0 Å². The number of carboxylic acid groups (broad SMARTS) is 1. The molecule has 0 aromatic heterocycles. The minimum atomic E-state index is -0.842. The smallest absolute Gasteiger partial charge is 0.326 e. The van der Waals surface area contributed by atoms with Crippen molar-refractivity contribution >= 4 is 52.3 Å². The van der Waals surface area contributed by atoms with Crippen LogP contribution in [0.4, 0.5) is 11.4 Å². The molecule has 1 fully saturated rings. The number of hydrogen-bond acceptors (Lipinski definition) is 5. The number of alkyl halides is 1. The Morgan fingerprint density at radius 3 is 2.76 bits per heavy atom. The number of carboxylic acids is 1. The number of hydrogen-bond donors (Lipinski definition) is 1. The zero-order chi connectivity index (χ0) is 23.7. The second-order valence-corrected chi connectivity index (χ2v) is 11.8. The van der Waals surface area contributed by atoms with Crippen LogP contribution in [0.5, 0.6) is 0 Å². The van der Waals surface area contributed by atoms with Crippen molar-refractivity contribution < 1.29 is 14.8 Å². The van der Waals surface area contributed by atoms with Gasteiger partial charge in [0.25, 0.3) is 5.69 Å². The molecule has 0 radical (unpaired) electrons. The monoisotopic (exact) mass is 516 g/mol. The van der Waals surface area contributed by atoms with E-state index < -0.39 is 12.0 Å². The van der Waals surface area contributed by atoms with Crippen molar-refractivity contribution in [2.45, 2.75) is 46.2 Å². The maximum atomic E-state index is 12.7. The minimum Gasteiger partial charge on any atom is -0.480 e. The highest BCUT2D eigenvalue weighted by Crippen LogP contribution is 2.60. The lowest BCUT2D eigenvalue weighted by molar-refractivity contribution is -0.387. The van der Waals surface area contributed by atoms with Crippen LogP contribution >= 0.6 is 35.0 Å². The Labute approximate surface area is 211 Å². The summed E-state index contributed by atoms with van der Waals surface area (Å²) in [5.41, 5.74) is 3.14. The van der Waals surface area contributed by atoms with E-state index in [9.17, 15) is 20.0 Å². The molecule has 34 heavy (non-hydrogen) atoms. The maximum Gasteiger partial charge on any atom is 0.326 e. The van der Waals surface area contributed by atoms with Gasteiger partial charge in [0.15, 0.2) is 0 Å². The number of allylic oxidation sites excluding steroid dienone is 2. The van der Waals surface area contributed by atoms with E-state index in [2.05, 4.69) is 17.1 Å². The Morgan fingerprint density at radius 2 is 2.00 bits per heavy atom. The number of nitrogens with zero attached hydrogens (tertiary/aromatic N) is 2. The first-order chi connectivity index (χ1) is 16.3. The molecular formula is C25H22Cl2N2O4S. The molecule has 1 N–H and O–H groups in total. The van der Waals surface area contributed by atoms with Gasteiger partial charge in [0.1, 0.15) is 6.04 Å². The SMILES string of the molecule is O=C(O)[C@@H]1[C@H]2C[C@@H](Sc3ccccc3[N+](=O)[O-])[C@@H](Cl)[C@H]2c2cc(Cl)cc3c2N1C[C@H]1CC=C[C@H]31. The minimum absolute atomic E-state index is 0.0471. The summed E-state index contributed by atoms with van der Waals surface area (Å²) in [5, 5.41) is 22.0. The molecule has 2 heterocycles. The zero-order valence-electron chi connectivity index (χ0n) is 18.0. The molecule has 176 valence electrons. The number of para-hydroxylation sites is 1. The summed E-state index contributed by atoms with van der Waals surface area (Å²) in [5.74, 6) is -0.658. The van der Waals surface area contributed by atoms with Gasteiger partial charge in [-0.25, -0.2) is 4.79 Å². The van der Waals surface area contributed by atoms with Gasteiger partial charge in [-0.2, -0.15) is 0 Å². The summed E-state index contributed by atoms with van der Waals surface area (Å²) < 4.78 is 0. The number of aliphatic carboxylic acids is 1. The first kappa shape index (κ1) is 22.3. The summed E-state index contributed by atoms with van der Waals surface area (Å²) in [6, 6.07) is 9.90. The average Bonchev–Trinajstić information content (AvgIpc) is 3.38. The van der Waals surface area contributed by atoms with E-state index in [1.54, 1.807) is 18.2 Å². The van der Waals surface area contributed by atoms with Crippen LogP contribution in [0.1, 0.15) is 35.8 Å². The second kappa shape index (κ2) is 8.18. The Bertz CT molecular complexity index is 1240. The molecule has 7 atom stereocenters. The van der Waals surface area contributed by atoms with E-state index in [4.69, 9.17) is 23.2 Å². The van der Waals surface area contributed by atoms with Crippen molar-refractivity contribution in [3.8, 4) is 0 Å². The Balaban J connectivity index is 1.45. The molecule has 2 aromatic carbocycles. The molecule has 9 heteroatoms. The summed E-state index contributed by atoms with van der Waals surface area (Å²) in [6.07, 6.45) is 5.89. The molecule has 0 amide bonds. The van der Waals surface area contributed by atoms with E-state index in [0.29, 0.717) is 28.8 Å². The number of rotatable bonds is 4. The Morgan fingerprint density at radius 1 is 1.24 bits per heavy atom. The molecule has 2 aromatic rings. The number of thioether (sulfide) groups is 1. The summed E-state index contributed by atoms with van der Waals surface area (Å²) in [7, 11) is 0. The van der Waals surface area contributed by atoms with Crippen molar-refractivity contribution in [1.82, 2.24) is 0 Å². The summed E-state index contributed by atoms with van der Waals surface area (Å²) >= 11 is 15.1. The first-order valence-electron chi connectivity index (χ1n) is 11.4. The number of halogens is 2. The van der Waals surface area contributed by atoms with Crippen molar-refractivity contribution in [3.63, 3.8) is 0 Å². The van der Waals surface area contributed by atoms with Crippen LogP contribution in [0.25, 0.3) is 0 Å². The fourth-order valence-electron chi connectivity index (χ4n) is 6.60. The lowest BCUT2D eigenvalue weighted by atomic mass is 9.72. The van der Waals surface area contributed by atoms with Crippen molar-refractivity contribution in [2.24, 2.45) is 11.8 Å². The number of nitro benzene ring substituents is 1. The molecule has 0 saturated heterocycles. The largest absolute Gasteiger partial charge is 0.480 e. The molecule has 2 aliphatic heterocycles. The van der Waals surface area contributed by atoms with Gasteiger partial charge in [0.05, 0.1) is 15.2 Å². The summed E-state index contributed by atoms with van der Waals surface area (Å²) in [6.45, 7) is 0.689. The van der Waals surface area contributed by atoms with Crippen molar-refractivity contribution in [2.75, 3.05) is 11.4 Å². The molecule has 0 spiro atoms. The number of nitro groups is 1. The van der Waals surface area contributed by atoms with Crippen LogP contribution in [-0.4, -0.2) is 39.2 Å². The lowest BCUT2D eigenvalue weighted by Crippen LogP contribution is -2.55. The number of anilines is 1. The predicted molar refractivity (Wildman–Crippen MR) is 133 cm³/mol. The third kappa shape index (κ3) is 3.28. The topological polar surface area (TPSA) is 83.7 Å². The molecule has 0 bridgehead atoms. The molecule has 6 nitrogen and oxygen atoms in total. The fraction of sp³-hybridized carbons (Fsp3) is 0.400. The second-order valence-electron chi connectivity index (χ2n) is 9.57. The Hall–Kier alpha value is -2.22. The molecule has 0 unspecified atom stereocenters. The number of benzene rings is 2. The van der Waals surface area contributed by atoms with Gasteiger partial charge in [-0.1, -0.05) is 35.9 Å². The molecule has 1 saturated carbocycles. The van der Waals surface area contributed by atoms with Crippen LogP contribution in [0.2, 0.25) is 5.02 Å². The van der Waals surface area contributed by atoms with Gasteiger partial charge >= 0.3 is 5.97 Å². The molecule has 6 rings (SSSR count). The van der Waals surface area contributed by atoms with Crippen LogP contribution in [-0.2, 0) is 4.79 Å². The van der Waals surface area contributed by atoms with E-state index in [-0.39, 0.29) is 39.0 Å². The third-order valence-electron chi connectivity index (χ3n) is 7.86. The van der Waals surface area contributed by atoms with Crippen LogP contribution in [0.15, 0.2) is 53.4 Å². The van der Waals surface area contributed by atoms with Crippen LogP contribution in [0, 0.1) is 22.0 Å². The lowest BCUT2D eigenvalue weighted by Gasteiger charge is -2.49. The van der Waals surface area contributed by atoms with Gasteiger partial charge in [0, 0.05) is 40.4 Å². The van der Waals surface area contributed by atoms with Gasteiger partial charge in [0.2, 0.25) is 0 Å². The standard InChI is InChI=1S/C25H22Cl2N2O4S/c26-13-8-15-14-5-3-4-12(14)11-28-23(15)16(9-13)21-17(24(28)25(30)31)10-20(22(21)27)34-19-7-2-1-6-18(19)29(32)33/h1-3,5-9,12,14,17,20-22,24H,4,10-11H2,(H,30,31)/t12-,14+,17+,20-,21+,22-,24+/m1/s1. The maximum absolute atomic E-state index is 12.7. The van der Waals surface area contributed by atoms with E-state index in [1.165, 1.54) is 17.8 Å². The van der Waals surface area contributed by atoms with Gasteiger partial charge < -0.3 is 10.0 Å². The Kier molecular flexibility index (Phi) is 5.35. The van der Waals surface area contributed by atoms with Crippen LogP contribution in [0.3, 0.4) is 0 Å². The van der Waals surface area contributed by atoms with Crippen molar-refractivity contribution in [3.05, 3.63) is 74.8 Å². The highest BCUT2D eigenvalue weighted by atomic mass is 35.5. The normalized spacial score (nSPS) is 32.8. The number of fused-ring (bicyclic) bond motifs is 4. The molecular weight excluding hydrogens is 495 g/mol. The first-order valence-corrected chi connectivity index (χ1v) is 13.1. The third-order valence-corrected chi connectivity index (χ3v) is 10.2. The zero-order valence-corrected chi connectivity index (χ0v) is 20.3. The highest BCUT2D eigenvalue weighted by Gasteiger charge is 2.56. The average molecular weight is 517 g/mol. The number of carbonyl (C=O) groups is 1. The highest BCUT2D eigenvalue weighted by molar-refractivity contribution is 8.00. The van der Waals surface area contributed by atoms with Gasteiger partial charge in [-0.05, 0) is 54.0 Å². The van der Waals surface area contributed by atoms with E-state index in [1.807, 2.05) is 12.1 Å². The van der Waals surface area contributed by atoms with E-state index >= 15 is 0 Å². The van der Waals surface area contributed by atoms with E-state index in [0.717, 1.165) is 23.2 Å². The van der Waals surface area contributed by atoms with Gasteiger partial charge in [-0.3, -0.25) is 10.1 Å². The fourth-order valence-corrected chi connectivity index (χ4v) is 8.78. The van der Waals surface area contributed by atoms with Gasteiger partial charge in [-0.15, -0.1) is 23.4 Å². The summed E-state index contributed by atoms with van der Waals surface area (Å²) in [4.78, 5) is 26.5.